The summed E-state index contributed by atoms with van der Waals surface area (Å²) in [4.78, 5) is 19.8. The number of carbonyl (C=O) groups excluding carboxylic acids is 1. The first kappa shape index (κ1) is 26.9. The Morgan fingerprint density at radius 3 is 2.64 bits per heavy atom. The molecule has 2 atom stereocenters. The van der Waals surface area contributed by atoms with E-state index in [1.54, 1.807) is 13.3 Å². The molecule has 0 saturated carbocycles. The van der Waals surface area contributed by atoms with Crippen molar-refractivity contribution in [2.45, 2.75) is 32.4 Å². The summed E-state index contributed by atoms with van der Waals surface area (Å²) in [5.41, 5.74) is 6.00. The summed E-state index contributed by atoms with van der Waals surface area (Å²) in [6, 6.07) is 23.5. The zero-order valence-corrected chi connectivity index (χ0v) is 24.4. The number of aromatic nitrogens is 2. The molecule has 0 spiro atoms. The topological polar surface area (TPSA) is 71.4 Å². The van der Waals surface area contributed by atoms with Crippen LogP contribution in [0.5, 0.6) is 5.75 Å². The summed E-state index contributed by atoms with van der Waals surface area (Å²) in [7, 11) is 1.59. The number of ether oxygens (including phenoxy) is 1. The Kier molecular flexibility index (Phi) is 7.99. The number of methoxy groups -OCH3 is 1. The van der Waals surface area contributed by atoms with Crippen LogP contribution in [0.15, 0.2) is 83.5 Å². The number of nitrogens with one attached hydrogen (secondary N) is 2. The largest absolute Gasteiger partial charge is 0.495 e. The SMILES string of the molecule is COc1ccccc1NC(=O)CCN1C(=S)N[C@@H](c2ccccn2)[C@H]1c1cc(C)n(-c2cccc(Br)c2)c1C. The van der Waals surface area contributed by atoms with E-state index in [1.807, 2.05) is 54.6 Å². The van der Waals surface area contributed by atoms with Gasteiger partial charge < -0.3 is 24.8 Å². The molecular formula is C30H30BrN5O2S. The minimum absolute atomic E-state index is 0.109. The lowest BCUT2D eigenvalue weighted by Gasteiger charge is -2.28. The fourth-order valence-corrected chi connectivity index (χ4v) is 5.99. The number of hydrogen-bond acceptors (Lipinski definition) is 4. The molecule has 7 nitrogen and oxygen atoms in total. The highest BCUT2D eigenvalue weighted by Crippen LogP contribution is 2.41. The van der Waals surface area contributed by atoms with Crippen molar-refractivity contribution < 1.29 is 9.53 Å². The van der Waals surface area contributed by atoms with Crippen LogP contribution in [0.25, 0.3) is 5.69 Å². The van der Waals surface area contributed by atoms with Gasteiger partial charge in [-0.15, -0.1) is 0 Å². The highest BCUT2D eigenvalue weighted by molar-refractivity contribution is 9.10. The average molecular weight is 605 g/mol. The van der Waals surface area contributed by atoms with Crippen LogP contribution in [0, 0.1) is 13.8 Å². The van der Waals surface area contributed by atoms with Crippen LogP contribution in [0.3, 0.4) is 0 Å². The van der Waals surface area contributed by atoms with Gasteiger partial charge in [-0.1, -0.05) is 40.2 Å². The lowest BCUT2D eigenvalue weighted by Crippen LogP contribution is -2.33. The molecule has 2 aromatic carbocycles. The Bertz CT molecular complexity index is 1510. The third-order valence-electron chi connectivity index (χ3n) is 7.01. The van der Waals surface area contributed by atoms with Crippen LogP contribution in [0.1, 0.15) is 41.1 Å². The fourth-order valence-electron chi connectivity index (χ4n) is 5.27. The molecule has 39 heavy (non-hydrogen) atoms. The van der Waals surface area contributed by atoms with Crippen LogP contribution in [0.2, 0.25) is 0 Å². The number of hydrogen-bond donors (Lipinski definition) is 2. The number of amides is 1. The minimum atomic E-state index is -0.160. The van der Waals surface area contributed by atoms with E-state index in [9.17, 15) is 4.79 Å². The summed E-state index contributed by atoms with van der Waals surface area (Å²) in [6.45, 7) is 4.69. The maximum Gasteiger partial charge on any atom is 0.226 e. The molecule has 0 unspecified atom stereocenters. The Hall–Kier alpha value is -3.69. The predicted octanol–water partition coefficient (Wildman–Crippen LogP) is 6.26. The molecule has 0 aliphatic carbocycles. The number of halogens is 1. The smallest absolute Gasteiger partial charge is 0.226 e. The standard InChI is InChI=1S/C30H30BrN5O2S/c1-19-17-23(20(2)36(19)22-10-8-9-21(31)18-22)29-28(25-12-6-7-15-32-25)34-30(39)35(29)16-14-27(37)33-24-11-4-5-13-26(24)38-3/h4-13,15,17-18,28-29H,14,16H2,1-3H3,(H,33,37)(H,34,39)/t28-,29+/m0/s1. The van der Waals surface area contributed by atoms with Crippen molar-refractivity contribution in [1.29, 1.82) is 0 Å². The molecule has 200 valence electrons. The van der Waals surface area contributed by atoms with Gasteiger partial charge in [0.15, 0.2) is 5.11 Å². The van der Waals surface area contributed by atoms with E-state index in [2.05, 4.69) is 73.1 Å². The summed E-state index contributed by atoms with van der Waals surface area (Å²) in [5, 5.41) is 7.07. The normalized spacial score (nSPS) is 16.7. The number of para-hydroxylation sites is 2. The van der Waals surface area contributed by atoms with Crippen molar-refractivity contribution in [2.75, 3.05) is 19.0 Å². The first-order valence-corrected chi connectivity index (χ1v) is 13.9. The van der Waals surface area contributed by atoms with Gasteiger partial charge in [-0.2, -0.15) is 0 Å². The van der Waals surface area contributed by atoms with E-state index in [4.69, 9.17) is 17.0 Å². The Balaban J connectivity index is 1.47. The van der Waals surface area contributed by atoms with E-state index in [-0.39, 0.29) is 24.4 Å². The first-order chi connectivity index (χ1) is 18.9. The third kappa shape index (κ3) is 5.55. The second kappa shape index (κ2) is 11.6. The van der Waals surface area contributed by atoms with Gasteiger partial charge in [0.1, 0.15) is 5.75 Å². The van der Waals surface area contributed by atoms with Gasteiger partial charge in [0, 0.05) is 40.7 Å². The molecule has 3 heterocycles. The number of benzene rings is 2. The van der Waals surface area contributed by atoms with Gasteiger partial charge in [0.05, 0.1) is 30.6 Å². The molecule has 0 radical (unpaired) electrons. The molecule has 9 heteroatoms. The summed E-state index contributed by atoms with van der Waals surface area (Å²) >= 11 is 9.43. The number of thiocarbonyl (C=S) groups is 1. The minimum Gasteiger partial charge on any atom is -0.495 e. The van der Waals surface area contributed by atoms with E-state index < -0.39 is 0 Å². The molecule has 1 aliphatic rings. The third-order valence-corrected chi connectivity index (χ3v) is 7.86. The van der Waals surface area contributed by atoms with E-state index in [0.717, 1.165) is 32.8 Å². The van der Waals surface area contributed by atoms with Gasteiger partial charge in [-0.3, -0.25) is 9.78 Å². The predicted molar refractivity (Wildman–Crippen MR) is 161 cm³/mol. The number of pyridine rings is 1. The van der Waals surface area contributed by atoms with Crippen molar-refractivity contribution in [1.82, 2.24) is 19.8 Å². The number of aryl methyl sites for hydroxylation is 1. The zero-order valence-electron chi connectivity index (χ0n) is 22.0. The second-order valence-electron chi connectivity index (χ2n) is 9.46. The maximum atomic E-state index is 13.0. The van der Waals surface area contributed by atoms with Crippen molar-refractivity contribution in [2.24, 2.45) is 0 Å². The molecule has 1 fully saturated rings. The Morgan fingerprint density at radius 2 is 1.90 bits per heavy atom. The molecule has 4 aromatic rings. The highest BCUT2D eigenvalue weighted by Gasteiger charge is 2.41. The molecule has 1 amide bonds. The number of rotatable bonds is 8. The van der Waals surface area contributed by atoms with Gasteiger partial charge >= 0.3 is 0 Å². The molecule has 1 saturated heterocycles. The van der Waals surface area contributed by atoms with E-state index in [0.29, 0.717) is 23.1 Å². The van der Waals surface area contributed by atoms with Crippen LogP contribution >= 0.6 is 28.1 Å². The Labute approximate surface area is 242 Å². The average Bonchev–Trinajstić information content (AvgIpc) is 3.42. The molecule has 2 N–H and O–H groups in total. The quantitative estimate of drug-likeness (QED) is 0.232. The van der Waals surface area contributed by atoms with Gasteiger partial charge in [-0.05, 0) is 80.2 Å². The van der Waals surface area contributed by atoms with Crippen molar-refractivity contribution in [3.63, 3.8) is 0 Å². The number of nitrogens with zero attached hydrogens (tertiary/aromatic N) is 3. The van der Waals surface area contributed by atoms with Crippen LogP contribution in [-0.2, 0) is 4.79 Å². The lowest BCUT2D eigenvalue weighted by atomic mass is 9.96. The Morgan fingerprint density at radius 1 is 1.10 bits per heavy atom. The lowest BCUT2D eigenvalue weighted by molar-refractivity contribution is -0.116. The second-order valence-corrected chi connectivity index (χ2v) is 10.8. The van der Waals surface area contributed by atoms with Crippen LogP contribution in [-0.4, -0.2) is 39.1 Å². The van der Waals surface area contributed by atoms with Crippen molar-refractivity contribution >= 4 is 44.9 Å². The monoisotopic (exact) mass is 603 g/mol. The molecular weight excluding hydrogens is 574 g/mol. The van der Waals surface area contributed by atoms with Gasteiger partial charge in [0.2, 0.25) is 5.91 Å². The summed E-state index contributed by atoms with van der Waals surface area (Å²) in [5.74, 6) is 0.513. The summed E-state index contributed by atoms with van der Waals surface area (Å²) in [6.07, 6.45) is 2.06. The first-order valence-electron chi connectivity index (χ1n) is 12.7. The maximum absolute atomic E-state index is 13.0. The van der Waals surface area contributed by atoms with Crippen LogP contribution in [0.4, 0.5) is 5.69 Å². The number of carbonyl (C=O) groups is 1. The summed E-state index contributed by atoms with van der Waals surface area (Å²) < 4.78 is 8.66. The fraction of sp³-hybridized carbons (Fsp3) is 0.233. The molecule has 5 rings (SSSR count). The van der Waals surface area contributed by atoms with Crippen LogP contribution < -0.4 is 15.4 Å². The molecule has 2 aromatic heterocycles. The van der Waals surface area contributed by atoms with Gasteiger partial charge in [0.25, 0.3) is 0 Å². The number of anilines is 1. The van der Waals surface area contributed by atoms with E-state index in [1.165, 1.54) is 0 Å². The van der Waals surface area contributed by atoms with E-state index >= 15 is 0 Å². The van der Waals surface area contributed by atoms with Gasteiger partial charge in [-0.25, -0.2) is 0 Å². The molecule has 0 bridgehead atoms. The zero-order chi connectivity index (χ0) is 27.5. The van der Waals surface area contributed by atoms with Crippen molar-refractivity contribution in [3.8, 4) is 11.4 Å². The molecule has 1 aliphatic heterocycles. The highest BCUT2D eigenvalue weighted by atomic mass is 79.9. The van der Waals surface area contributed by atoms with Crippen molar-refractivity contribution in [3.05, 3.63) is 106 Å².